The third kappa shape index (κ3) is 2.48. The summed E-state index contributed by atoms with van der Waals surface area (Å²) in [6, 6.07) is 0. The number of hydrogen-bond acceptors (Lipinski definition) is 3. The second kappa shape index (κ2) is 4.86. The Morgan fingerprint density at radius 3 is 3.17 bits per heavy atom. The normalized spacial score (nSPS) is 10.2. The standard InChI is InChI=1S/C7H9IN2OS/c1-12-3-2-10-5-9-4-6(8)7(10)11/h4-5H,2-3H2,1H3. The first kappa shape index (κ1) is 10.0. The van der Waals surface area contributed by atoms with Gasteiger partial charge in [-0.1, -0.05) is 0 Å². The van der Waals surface area contributed by atoms with Crippen molar-refractivity contribution in [2.24, 2.45) is 0 Å². The van der Waals surface area contributed by atoms with Crippen LogP contribution in [-0.2, 0) is 6.54 Å². The third-order valence-electron chi connectivity index (χ3n) is 1.40. The molecule has 5 heteroatoms. The number of thioether (sulfide) groups is 1. The minimum absolute atomic E-state index is 0.0552. The quantitative estimate of drug-likeness (QED) is 0.787. The highest BCUT2D eigenvalue weighted by Crippen LogP contribution is 1.95. The van der Waals surface area contributed by atoms with Crippen molar-refractivity contribution in [3.05, 3.63) is 26.4 Å². The fourth-order valence-electron chi connectivity index (χ4n) is 0.773. The monoisotopic (exact) mass is 296 g/mol. The van der Waals surface area contributed by atoms with E-state index in [0.29, 0.717) is 3.57 Å². The largest absolute Gasteiger partial charge is 0.298 e. The van der Waals surface area contributed by atoms with Crippen LogP contribution in [-0.4, -0.2) is 21.6 Å². The predicted octanol–water partition coefficient (Wildman–Crippen LogP) is 1.21. The molecule has 3 nitrogen and oxygen atoms in total. The number of hydrogen-bond donors (Lipinski definition) is 0. The highest BCUT2D eigenvalue weighted by Gasteiger charge is 1.98. The van der Waals surface area contributed by atoms with Gasteiger partial charge >= 0.3 is 0 Å². The Labute approximate surface area is 88.7 Å². The van der Waals surface area contributed by atoms with Crippen LogP contribution < -0.4 is 5.56 Å². The van der Waals surface area contributed by atoms with E-state index in [1.54, 1.807) is 28.9 Å². The molecule has 0 spiro atoms. The van der Waals surface area contributed by atoms with Crippen molar-refractivity contribution in [1.82, 2.24) is 9.55 Å². The van der Waals surface area contributed by atoms with E-state index < -0.39 is 0 Å². The summed E-state index contributed by atoms with van der Waals surface area (Å²) < 4.78 is 2.31. The predicted molar refractivity (Wildman–Crippen MR) is 59.6 cm³/mol. The maximum absolute atomic E-state index is 11.4. The average molecular weight is 296 g/mol. The van der Waals surface area contributed by atoms with E-state index in [-0.39, 0.29) is 5.56 Å². The molecule has 0 amide bonds. The van der Waals surface area contributed by atoms with E-state index in [1.165, 1.54) is 0 Å². The Bertz CT molecular complexity index is 313. The van der Waals surface area contributed by atoms with Gasteiger partial charge in [0.25, 0.3) is 5.56 Å². The molecule has 0 saturated carbocycles. The van der Waals surface area contributed by atoms with Crippen molar-refractivity contribution >= 4 is 34.4 Å². The smallest absolute Gasteiger partial charge is 0.266 e. The van der Waals surface area contributed by atoms with Gasteiger partial charge in [-0.25, -0.2) is 4.98 Å². The van der Waals surface area contributed by atoms with Gasteiger partial charge < -0.3 is 0 Å². The van der Waals surface area contributed by atoms with E-state index in [9.17, 15) is 4.79 Å². The number of aromatic nitrogens is 2. The summed E-state index contributed by atoms with van der Waals surface area (Å²) in [5.74, 6) is 0.946. The van der Waals surface area contributed by atoms with Gasteiger partial charge in [-0.3, -0.25) is 9.36 Å². The van der Waals surface area contributed by atoms with Crippen molar-refractivity contribution in [3.8, 4) is 0 Å². The van der Waals surface area contributed by atoms with Crippen molar-refractivity contribution in [1.29, 1.82) is 0 Å². The van der Waals surface area contributed by atoms with Gasteiger partial charge in [0, 0.05) is 18.5 Å². The zero-order valence-electron chi connectivity index (χ0n) is 6.66. The molecular weight excluding hydrogens is 287 g/mol. The first-order valence-corrected chi connectivity index (χ1v) is 5.92. The first-order valence-electron chi connectivity index (χ1n) is 3.44. The van der Waals surface area contributed by atoms with Gasteiger partial charge in [0.05, 0.1) is 9.90 Å². The lowest BCUT2D eigenvalue weighted by atomic mass is 10.6. The van der Waals surface area contributed by atoms with Crippen LogP contribution in [0.2, 0.25) is 0 Å². The summed E-state index contributed by atoms with van der Waals surface area (Å²) in [5, 5.41) is 0. The van der Waals surface area contributed by atoms with Crippen molar-refractivity contribution in [2.75, 3.05) is 12.0 Å². The van der Waals surface area contributed by atoms with Crippen molar-refractivity contribution in [3.63, 3.8) is 0 Å². The SMILES string of the molecule is CSCCn1cncc(I)c1=O. The summed E-state index contributed by atoms with van der Waals surface area (Å²) in [4.78, 5) is 15.3. The van der Waals surface area contributed by atoms with Crippen LogP contribution >= 0.6 is 34.4 Å². The van der Waals surface area contributed by atoms with Gasteiger partial charge in [0.15, 0.2) is 0 Å². The van der Waals surface area contributed by atoms with Gasteiger partial charge in [-0.2, -0.15) is 11.8 Å². The summed E-state index contributed by atoms with van der Waals surface area (Å²) in [5.41, 5.74) is 0.0552. The Hall–Kier alpha value is -0.0400. The molecular formula is C7H9IN2OS. The Morgan fingerprint density at radius 1 is 1.75 bits per heavy atom. The molecule has 0 N–H and O–H groups in total. The fraction of sp³-hybridized carbons (Fsp3) is 0.429. The molecule has 0 aliphatic heterocycles. The molecule has 0 bridgehead atoms. The van der Waals surface area contributed by atoms with Crippen molar-refractivity contribution < 1.29 is 0 Å². The molecule has 1 heterocycles. The molecule has 0 fully saturated rings. The number of aryl methyl sites for hydroxylation is 1. The van der Waals surface area contributed by atoms with E-state index in [1.807, 2.05) is 28.8 Å². The van der Waals surface area contributed by atoms with Crippen molar-refractivity contribution in [2.45, 2.75) is 6.54 Å². The molecule has 0 aromatic carbocycles. The molecule has 0 atom stereocenters. The molecule has 12 heavy (non-hydrogen) atoms. The van der Waals surface area contributed by atoms with Crippen LogP contribution in [0.25, 0.3) is 0 Å². The second-order valence-electron chi connectivity index (χ2n) is 2.23. The average Bonchev–Trinajstić information content (AvgIpc) is 2.08. The summed E-state index contributed by atoms with van der Waals surface area (Å²) in [7, 11) is 0. The second-order valence-corrected chi connectivity index (χ2v) is 4.38. The van der Waals surface area contributed by atoms with Crippen LogP contribution in [0.4, 0.5) is 0 Å². The molecule has 0 radical (unpaired) electrons. The highest BCUT2D eigenvalue weighted by molar-refractivity contribution is 14.1. The topological polar surface area (TPSA) is 34.9 Å². The lowest BCUT2D eigenvalue weighted by Crippen LogP contribution is -2.23. The first-order chi connectivity index (χ1) is 5.75. The minimum atomic E-state index is 0.0552. The van der Waals surface area contributed by atoms with E-state index in [0.717, 1.165) is 12.3 Å². The summed E-state index contributed by atoms with van der Waals surface area (Å²) >= 11 is 3.72. The number of nitrogens with zero attached hydrogens (tertiary/aromatic N) is 2. The molecule has 1 rings (SSSR count). The third-order valence-corrected chi connectivity index (χ3v) is 2.73. The van der Waals surface area contributed by atoms with E-state index >= 15 is 0 Å². The van der Waals surface area contributed by atoms with Gasteiger partial charge in [0.2, 0.25) is 0 Å². The van der Waals surface area contributed by atoms with Gasteiger partial charge in [0.1, 0.15) is 0 Å². The number of halogens is 1. The minimum Gasteiger partial charge on any atom is -0.298 e. The molecule has 0 aliphatic carbocycles. The van der Waals surface area contributed by atoms with Crippen LogP contribution in [0.5, 0.6) is 0 Å². The molecule has 66 valence electrons. The maximum Gasteiger partial charge on any atom is 0.266 e. The Balaban J connectivity index is 2.85. The maximum atomic E-state index is 11.4. The molecule has 0 aliphatic rings. The summed E-state index contributed by atoms with van der Waals surface area (Å²) in [6.07, 6.45) is 5.19. The highest BCUT2D eigenvalue weighted by atomic mass is 127. The Kier molecular flexibility index (Phi) is 4.07. The van der Waals surface area contributed by atoms with Gasteiger partial charge in [-0.15, -0.1) is 0 Å². The van der Waals surface area contributed by atoms with Crippen LogP contribution in [0, 0.1) is 3.57 Å². The van der Waals surface area contributed by atoms with E-state index in [4.69, 9.17) is 0 Å². The zero-order chi connectivity index (χ0) is 8.97. The Morgan fingerprint density at radius 2 is 2.50 bits per heavy atom. The summed E-state index contributed by atoms with van der Waals surface area (Å²) in [6.45, 7) is 0.740. The fourth-order valence-corrected chi connectivity index (χ4v) is 1.62. The molecule has 0 unspecified atom stereocenters. The lowest BCUT2D eigenvalue weighted by molar-refractivity contribution is 0.709. The number of rotatable bonds is 3. The zero-order valence-corrected chi connectivity index (χ0v) is 9.63. The molecule has 1 aromatic heterocycles. The van der Waals surface area contributed by atoms with Gasteiger partial charge in [-0.05, 0) is 28.8 Å². The molecule has 0 saturated heterocycles. The van der Waals surface area contributed by atoms with Crippen LogP contribution in [0.15, 0.2) is 17.3 Å². The molecule has 1 aromatic rings. The lowest BCUT2D eigenvalue weighted by Gasteiger charge is -2.02. The van der Waals surface area contributed by atoms with E-state index in [2.05, 4.69) is 4.98 Å². The van der Waals surface area contributed by atoms with Crippen LogP contribution in [0.1, 0.15) is 0 Å². The van der Waals surface area contributed by atoms with Crippen LogP contribution in [0.3, 0.4) is 0 Å².